The molecule has 0 N–H and O–H groups in total. The number of hydrogen-bond acceptors (Lipinski definition) is 4. The minimum Gasteiger partial charge on any atom is -0.433 e. The standard InChI is InChI=1S/C15H17NO3S2/c1-11-5-7-13(8-6-11)21(17,18)16-9-3-4-12-10-14(20-2)19-15(12)16/h5-8,10H,3-4,9H2,1-2H3. The van der Waals surface area contributed by atoms with Gasteiger partial charge in [-0.25, -0.2) is 12.7 Å². The summed E-state index contributed by atoms with van der Waals surface area (Å²) in [5, 5.41) is 0.756. The van der Waals surface area contributed by atoms with Crippen molar-refractivity contribution in [3.8, 4) is 0 Å². The monoisotopic (exact) mass is 323 g/mol. The van der Waals surface area contributed by atoms with Crippen molar-refractivity contribution in [3.63, 3.8) is 0 Å². The fraction of sp³-hybridized carbons (Fsp3) is 0.333. The summed E-state index contributed by atoms with van der Waals surface area (Å²) in [6, 6.07) is 8.87. The first kappa shape index (κ1) is 14.5. The normalized spacial score (nSPS) is 15.0. The maximum Gasteiger partial charge on any atom is 0.266 e. The van der Waals surface area contributed by atoms with Crippen LogP contribution in [0, 0.1) is 6.92 Å². The molecule has 1 aliphatic heterocycles. The van der Waals surface area contributed by atoms with E-state index in [4.69, 9.17) is 4.42 Å². The highest BCUT2D eigenvalue weighted by molar-refractivity contribution is 7.98. The zero-order chi connectivity index (χ0) is 15.0. The van der Waals surface area contributed by atoms with E-state index in [0.29, 0.717) is 17.3 Å². The summed E-state index contributed by atoms with van der Waals surface area (Å²) in [6.45, 7) is 2.40. The summed E-state index contributed by atoms with van der Waals surface area (Å²) in [6.07, 6.45) is 3.59. The molecule has 3 rings (SSSR count). The van der Waals surface area contributed by atoms with Gasteiger partial charge < -0.3 is 4.42 Å². The molecular weight excluding hydrogens is 306 g/mol. The Morgan fingerprint density at radius 3 is 2.62 bits per heavy atom. The van der Waals surface area contributed by atoms with Crippen molar-refractivity contribution in [2.24, 2.45) is 0 Å². The lowest BCUT2D eigenvalue weighted by molar-refractivity contribution is 0.469. The van der Waals surface area contributed by atoms with E-state index < -0.39 is 10.0 Å². The van der Waals surface area contributed by atoms with Crippen LogP contribution in [0.5, 0.6) is 0 Å². The van der Waals surface area contributed by atoms with Gasteiger partial charge in [-0.15, -0.1) is 0 Å². The van der Waals surface area contributed by atoms with Crippen molar-refractivity contribution in [1.82, 2.24) is 0 Å². The van der Waals surface area contributed by atoms with Crippen LogP contribution in [0.25, 0.3) is 0 Å². The Morgan fingerprint density at radius 2 is 1.95 bits per heavy atom. The van der Waals surface area contributed by atoms with Gasteiger partial charge in [-0.3, -0.25) is 0 Å². The van der Waals surface area contributed by atoms with Crippen molar-refractivity contribution < 1.29 is 12.8 Å². The van der Waals surface area contributed by atoms with Crippen LogP contribution in [0.1, 0.15) is 17.5 Å². The van der Waals surface area contributed by atoms with Gasteiger partial charge in [0.15, 0.2) is 5.09 Å². The Kier molecular flexibility index (Phi) is 3.75. The first-order chi connectivity index (χ1) is 10.0. The SMILES string of the molecule is CSc1cc2c(o1)N(S(=O)(=O)c1ccc(C)cc1)CCC2. The minimum absolute atomic E-state index is 0.308. The van der Waals surface area contributed by atoms with E-state index in [9.17, 15) is 8.42 Å². The Morgan fingerprint density at radius 1 is 1.24 bits per heavy atom. The Balaban J connectivity index is 2.04. The maximum absolute atomic E-state index is 12.8. The first-order valence-electron chi connectivity index (χ1n) is 6.78. The molecule has 21 heavy (non-hydrogen) atoms. The van der Waals surface area contributed by atoms with Crippen LogP contribution in [0.4, 0.5) is 5.88 Å². The van der Waals surface area contributed by atoms with Gasteiger partial charge in [0.25, 0.3) is 10.0 Å². The van der Waals surface area contributed by atoms with E-state index >= 15 is 0 Å². The average molecular weight is 323 g/mol. The van der Waals surface area contributed by atoms with Gasteiger partial charge in [0.05, 0.1) is 4.90 Å². The number of nitrogens with zero attached hydrogens (tertiary/aromatic N) is 1. The number of anilines is 1. The summed E-state index contributed by atoms with van der Waals surface area (Å²) < 4.78 is 32.7. The molecule has 4 nitrogen and oxygen atoms in total. The van der Waals surface area contributed by atoms with E-state index in [-0.39, 0.29) is 0 Å². The predicted octanol–water partition coefficient (Wildman–Crippen LogP) is 3.45. The number of fused-ring (bicyclic) bond motifs is 1. The van der Waals surface area contributed by atoms with E-state index in [1.54, 1.807) is 12.1 Å². The summed E-state index contributed by atoms with van der Waals surface area (Å²) in [7, 11) is -3.56. The zero-order valence-corrected chi connectivity index (χ0v) is 13.6. The average Bonchev–Trinajstić information content (AvgIpc) is 2.90. The number of thioether (sulfide) groups is 1. The van der Waals surface area contributed by atoms with Gasteiger partial charge in [0.1, 0.15) is 0 Å². The molecule has 0 radical (unpaired) electrons. The van der Waals surface area contributed by atoms with E-state index in [1.165, 1.54) is 16.1 Å². The quantitative estimate of drug-likeness (QED) is 0.812. The predicted molar refractivity (Wildman–Crippen MR) is 84.5 cm³/mol. The second-order valence-electron chi connectivity index (χ2n) is 5.09. The zero-order valence-electron chi connectivity index (χ0n) is 12.0. The molecule has 0 aliphatic carbocycles. The molecule has 0 atom stereocenters. The second-order valence-corrected chi connectivity index (χ2v) is 7.77. The molecular formula is C15H17NO3S2. The highest BCUT2D eigenvalue weighted by Crippen LogP contribution is 2.37. The lowest BCUT2D eigenvalue weighted by Crippen LogP contribution is -2.34. The number of rotatable bonds is 3. The fourth-order valence-corrected chi connectivity index (χ4v) is 4.37. The molecule has 0 bridgehead atoms. The fourth-order valence-electron chi connectivity index (χ4n) is 2.47. The highest BCUT2D eigenvalue weighted by atomic mass is 32.2. The molecule has 0 saturated carbocycles. The number of aryl methyl sites for hydroxylation is 2. The van der Waals surface area contributed by atoms with Gasteiger partial charge in [0.2, 0.25) is 5.88 Å². The van der Waals surface area contributed by atoms with Gasteiger partial charge in [-0.2, -0.15) is 0 Å². The summed E-state index contributed by atoms with van der Waals surface area (Å²) in [5.74, 6) is 0.478. The Hall–Kier alpha value is -1.40. The number of sulfonamides is 1. The van der Waals surface area contributed by atoms with Crippen LogP contribution >= 0.6 is 11.8 Å². The molecule has 0 spiro atoms. The lowest BCUT2D eigenvalue weighted by Gasteiger charge is -2.26. The van der Waals surface area contributed by atoms with Gasteiger partial charge in [0, 0.05) is 12.1 Å². The third-order valence-electron chi connectivity index (χ3n) is 3.61. The number of furan rings is 1. The summed E-state index contributed by atoms with van der Waals surface area (Å²) in [4.78, 5) is 0.308. The van der Waals surface area contributed by atoms with Crippen molar-refractivity contribution in [2.45, 2.75) is 29.8 Å². The smallest absolute Gasteiger partial charge is 0.266 e. The molecule has 0 fully saturated rings. The third kappa shape index (κ3) is 2.58. The van der Waals surface area contributed by atoms with Crippen LogP contribution < -0.4 is 4.31 Å². The topological polar surface area (TPSA) is 50.5 Å². The molecule has 1 aromatic carbocycles. The van der Waals surface area contributed by atoms with Crippen molar-refractivity contribution in [3.05, 3.63) is 41.5 Å². The van der Waals surface area contributed by atoms with Crippen molar-refractivity contribution in [2.75, 3.05) is 17.1 Å². The molecule has 1 aromatic heterocycles. The van der Waals surface area contributed by atoms with Crippen LogP contribution in [0.15, 0.2) is 44.7 Å². The van der Waals surface area contributed by atoms with Gasteiger partial charge in [-0.05, 0) is 44.2 Å². The van der Waals surface area contributed by atoms with Crippen LogP contribution in [-0.2, 0) is 16.4 Å². The first-order valence-corrected chi connectivity index (χ1v) is 9.45. The van der Waals surface area contributed by atoms with E-state index in [0.717, 1.165) is 29.1 Å². The van der Waals surface area contributed by atoms with Crippen molar-refractivity contribution >= 4 is 27.7 Å². The van der Waals surface area contributed by atoms with Crippen molar-refractivity contribution in [1.29, 1.82) is 0 Å². The van der Waals surface area contributed by atoms with Gasteiger partial charge in [-0.1, -0.05) is 29.5 Å². The Labute approximate surface area is 129 Å². The van der Waals surface area contributed by atoms with E-state index in [2.05, 4.69) is 0 Å². The molecule has 0 saturated heterocycles. The second kappa shape index (κ2) is 5.42. The molecule has 112 valence electrons. The minimum atomic E-state index is -3.56. The maximum atomic E-state index is 12.8. The van der Waals surface area contributed by atoms with Crippen LogP contribution in [-0.4, -0.2) is 21.2 Å². The third-order valence-corrected chi connectivity index (χ3v) is 6.01. The molecule has 2 heterocycles. The van der Waals surface area contributed by atoms with Gasteiger partial charge >= 0.3 is 0 Å². The molecule has 1 aliphatic rings. The van der Waals surface area contributed by atoms with Crippen LogP contribution in [0.3, 0.4) is 0 Å². The highest BCUT2D eigenvalue weighted by Gasteiger charge is 2.32. The molecule has 6 heteroatoms. The largest absolute Gasteiger partial charge is 0.433 e. The molecule has 0 unspecified atom stereocenters. The van der Waals surface area contributed by atoms with E-state index in [1.807, 2.05) is 31.4 Å². The van der Waals surface area contributed by atoms with Crippen LogP contribution in [0.2, 0.25) is 0 Å². The Bertz CT molecular complexity index is 748. The lowest BCUT2D eigenvalue weighted by atomic mass is 10.1. The summed E-state index contributed by atoms with van der Waals surface area (Å²) in [5.41, 5.74) is 2.01. The summed E-state index contributed by atoms with van der Waals surface area (Å²) >= 11 is 1.48. The molecule has 0 amide bonds. The number of hydrogen-bond donors (Lipinski definition) is 0. The molecule has 2 aromatic rings. The number of benzene rings is 1.